The number of fused-ring (bicyclic) bond motifs is 3. The lowest BCUT2D eigenvalue weighted by atomic mass is 9.95. The predicted molar refractivity (Wildman–Crippen MR) is 73.7 cm³/mol. The topological polar surface area (TPSA) is 80.3 Å². The van der Waals surface area contributed by atoms with Crippen molar-refractivity contribution in [1.82, 2.24) is 14.4 Å². The molecular weight excluding hydrogens is 240 g/mol. The maximum absolute atomic E-state index is 5.47. The van der Waals surface area contributed by atoms with Gasteiger partial charge < -0.3 is 15.1 Å². The second-order valence-electron chi connectivity index (χ2n) is 5.70. The van der Waals surface area contributed by atoms with Gasteiger partial charge in [-0.3, -0.25) is 0 Å². The highest BCUT2D eigenvalue weighted by atomic mass is 15.3. The van der Waals surface area contributed by atoms with Gasteiger partial charge in [0.15, 0.2) is 17.3 Å². The molecule has 2 saturated carbocycles. The summed E-state index contributed by atoms with van der Waals surface area (Å²) in [5.41, 5.74) is 3.47. The van der Waals surface area contributed by atoms with E-state index in [1.807, 2.05) is 16.8 Å². The normalized spacial score (nSPS) is 29.0. The number of nitrogens with two attached hydrogens (primary N) is 1. The number of aromatic nitrogens is 3. The highest BCUT2D eigenvalue weighted by Gasteiger charge is 2.39. The Kier molecular flexibility index (Phi) is 2.38. The molecule has 6 nitrogen and oxygen atoms in total. The molecule has 4 N–H and O–H groups in total. The number of imidazole rings is 1. The molecule has 6 heteroatoms. The van der Waals surface area contributed by atoms with Gasteiger partial charge in [0.25, 0.3) is 0 Å². The number of anilines is 2. The van der Waals surface area contributed by atoms with Crippen molar-refractivity contribution in [2.24, 2.45) is 17.7 Å². The molecule has 0 aromatic carbocycles. The Morgan fingerprint density at radius 1 is 1.32 bits per heavy atom. The molecule has 0 spiro atoms. The maximum atomic E-state index is 5.47. The first-order valence-electron chi connectivity index (χ1n) is 6.90. The summed E-state index contributed by atoms with van der Waals surface area (Å²) in [6.45, 7) is 0. The number of rotatable bonds is 3. The largest absolute Gasteiger partial charge is 0.364 e. The molecule has 2 aromatic rings. The Morgan fingerprint density at radius 3 is 3.00 bits per heavy atom. The summed E-state index contributed by atoms with van der Waals surface area (Å²) in [7, 11) is 0. The zero-order valence-electron chi connectivity index (χ0n) is 10.7. The molecule has 19 heavy (non-hydrogen) atoms. The van der Waals surface area contributed by atoms with E-state index in [4.69, 9.17) is 5.84 Å². The number of hydrazine groups is 1. The molecule has 0 saturated heterocycles. The van der Waals surface area contributed by atoms with Crippen molar-refractivity contribution in [2.45, 2.75) is 31.7 Å². The average Bonchev–Trinajstić information content (AvgIpc) is 3.13. The molecule has 2 fully saturated rings. The van der Waals surface area contributed by atoms with E-state index in [0.29, 0.717) is 11.9 Å². The standard InChI is InChI=1S/C13H18N6/c14-18-11-7-19-4-3-15-13(19)12(17-11)16-10-6-8-1-2-9(10)5-8/h3-4,7-10,18H,1-2,5-6,14H2,(H,16,17). The summed E-state index contributed by atoms with van der Waals surface area (Å²) < 4.78 is 1.94. The first-order valence-corrected chi connectivity index (χ1v) is 6.90. The highest BCUT2D eigenvalue weighted by Crippen LogP contribution is 2.45. The molecule has 2 aliphatic carbocycles. The van der Waals surface area contributed by atoms with Crippen LogP contribution in [0.1, 0.15) is 25.7 Å². The predicted octanol–water partition coefficient (Wildman–Crippen LogP) is 1.62. The lowest BCUT2D eigenvalue weighted by Gasteiger charge is -2.23. The first kappa shape index (κ1) is 11.0. The van der Waals surface area contributed by atoms with Gasteiger partial charge in [0.1, 0.15) is 0 Å². The second-order valence-corrected chi connectivity index (χ2v) is 5.70. The van der Waals surface area contributed by atoms with Gasteiger partial charge in [0.2, 0.25) is 0 Å². The second kappa shape index (κ2) is 4.09. The van der Waals surface area contributed by atoms with E-state index in [0.717, 1.165) is 23.3 Å². The third kappa shape index (κ3) is 1.74. The molecule has 100 valence electrons. The van der Waals surface area contributed by atoms with Gasteiger partial charge in [-0.15, -0.1) is 0 Å². The van der Waals surface area contributed by atoms with Crippen LogP contribution in [0.15, 0.2) is 18.6 Å². The van der Waals surface area contributed by atoms with Crippen LogP contribution in [0.5, 0.6) is 0 Å². The molecule has 2 aliphatic rings. The number of nitrogens with zero attached hydrogens (tertiary/aromatic N) is 3. The average molecular weight is 258 g/mol. The lowest BCUT2D eigenvalue weighted by molar-refractivity contribution is 0.439. The zero-order valence-corrected chi connectivity index (χ0v) is 10.7. The fraction of sp³-hybridized carbons (Fsp3) is 0.538. The number of hydrogen-bond donors (Lipinski definition) is 3. The van der Waals surface area contributed by atoms with Gasteiger partial charge in [0.05, 0.1) is 6.20 Å². The molecule has 2 aromatic heterocycles. The Morgan fingerprint density at radius 2 is 2.26 bits per heavy atom. The van der Waals surface area contributed by atoms with Crippen molar-refractivity contribution < 1.29 is 0 Å². The van der Waals surface area contributed by atoms with E-state index >= 15 is 0 Å². The van der Waals surface area contributed by atoms with Gasteiger partial charge in [-0.05, 0) is 31.1 Å². The van der Waals surface area contributed by atoms with Crippen LogP contribution in [0.4, 0.5) is 11.6 Å². The molecule has 2 heterocycles. The van der Waals surface area contributed by atoms with E-state index in [-0.39, 0.29) is 0 Å². The van der Waals surface area contributed by atoms with Crippen molar-refractivity contribution in [3.8, 4) is 0 Å². The van der Waals surface area contributed by atoms with Crippen molar-refractivity contribution in [3.05, 3.63) is 18.6 Å². The van der Waals surface area contributed by atoms with Crippen LogP contribution in [0.3, 0.4) is 0 Å². The minimum Gasteiger partial charge on any atom is -0.364 e. The van der Waals surface area contributed by atoms with Gasteiger partial charge in [0, 0.05) is 18.4 Å². The van der Waals surface area contributed by atoms with Gasteiger partial charge in [-0.2, -0.15) is 0 Å². The van der Waals surface area contributed by atoms with Crippen LogP contribution in [0.2, 0.25) is 0 Å². The third-order valence-corrected chi connectivity index (χ3v) is 4.58. The molecule has 0 amide bonds. The quantitative estimate of drug-likeness (QED) is 0.576. The summed E-state index contributed by atoms with van der Waals surface area (Å²) in [5.74, 6) is 8.67. The third-order valence-electron chi connectivity index (χ3n) is 4.58. The molecule has 3 unspecified atom stereocenters. The van der Waals surface area contributed by atoms with Crippen molar-refractivity contribution in [2.75, 3.05) is 10.7 Å². The smallest absolute Gasteiger partial charge is 0.180 e. The van der Waals surface area contributed by atoms with Crippen LogP contribution in [-0.4, -0.2) is 20.4 Å². The SMILES string of the molecule is NNc1cn2ccnc2c(NC2CC3CCC2C3)n1. The fourth-order valence-electron chi connectivity index (χ4n) is 3.70. The van der Waals surface area contributed by atoms with Crippen LogP contribution < -0.4 is 16.6 Å². The molecule has 2 bridgehead atoms. The zero-order chi connectivity index (χ0) is 12.8. The number of hydrogen-bond acceptors (Lipinski definition) is 5. The Hall–Kier alpha value is -1.82. The van der Waals surface area contributed by atoms with E-state index < -0.39 is 0 Å². The van der Waals surface area contributed by atoms with Crippen molar-refractivity contribution in [1.29, 1.82) is 0 Å². The van der Waals surface area contributed by atoms with Crippen molar-refractivity contribution >= 4 is 17.3 Å². The van der Waals surface area contributed by atoms with Crippen molar-refractivity contribution in [3.63, 3.8) is 0 Å². The summed E-state index contributed by atoms with van der Waals surface area (Å²) in [6, 6.07) is 0.541. The number of nitrogens with one attached hydrogen (secondary N) is 2. The van der Waals surface area contributed by atoms with E-state index in [9.17, 15) is 0 Å². The first-order chi connectivity index (χ1) is 9.33. The van der Waals surface area contributed by atoms with E-state index in [1.54, 1.807) is 6.20 Å². The van der Waals surface area contributed by atoms with Gasteiger partial charge in [-0.1, -0.05) is 6.42 Å². The van der Waals surface area contributed by atoms with E-state index in [1.165, 1.54) is 25.7 Å². The summed E-state index contributed by atoms with van der Waals surface area (Å²) in [5, 5.41) is 3.59. The van der Waals surface area contributed by atoms with Gasteiger partial charge in [-0.25, -0.2) is 15.8 Å². The van der Waals surface area contributed by atoms with Crippen LogP contribution in [0, 0.1) is 11.8 Å². The molecular formula is C13H18N6. The Bertz CT molecular complexity index is 606. The van der Waals surface area contributed by atoms with Gasteiger partial charge >= 0.3 is 0 Å². The summed E-state index contributed by atoms with van der Waals surface area (Å²) in [6.07, 6.45) is 10.9. The van der Waals surface area contributed by atoms with Crippen LogP contribution in [0.25, 0.3) is 5.65 Å². The molecule has 0 radical (unpaired) electrons. The van der Waals surface area contributed by atoms with Crippen LogP contribution in [-0.2, 0) is 0 Å². The summed E-state index contributed by atoms with van der Waals surface area (Å²) in [4.78, 5) is 8.88. The molecule has 4 rings (SSSR count). The summed E-state index contributed by atoms with van der Waals surface area (Å²) >= 11 is 0. The Balaban J connectivity index is 1.68. The monoisotopic (exact) mass is 258 g/mol. The number of nitrogen functional groups attached to an aromatic ring is 1. The lowest BCUT2D eigenvalue weighted by Crippen LogP contribution is -2.27. The minimum absolute atomic E-state index is 0.541. The molecule has 3 atom stereocenters. The molecule has 0 aliphatic heterocycles. The minimum atomic E-state index is 0.541. The Labute approximate surface area is 111 Å². The van der Waals surface area contributed by atoms with E-state index in [2.05, 4.69) is 20.7 Å². The maximum Gasteiger partial charge on any atom is 0.180 e. The highest BCUT2D eigenvalue weighted by molar-refractivity contribution is 5.65. The van der Waals surface area contributed by atoms with Crippen LogP contribution >= 0.6 is 0 Å². The fourth-order valence-corrected chi connectivity index (χ4v) is 3.70.